The summed E-state index contributed by atoms with van der Waals surface area (Å²) in [5.74, 6) is 0. The van der Waals surface area contributed by atoms with Crippen LogP contribution < -0.4 is 4.72 Å². The molecule has 2 rings (SSSR count). The summed E-state index contributed by atoms with van der Waals surface area (Å²) in [7, 11) is -3.52. The largest absolute Gasteiger partial charge is 0.268 e. The van der Waals surface area contributed by atoms with Crippen molar-refractivity contribution in [3.05, 3.63) is 46.8 Å². The maximum Gasteiger partial charge on any atom is 0.244 e. The van der Waals surface area contributed by atoms with Crippen molar-refractivity contribution >= 4 is 10.0 Å². The van der Waals surface area contributed by atoms with Crippen LogP contribution in [0.5, 0.6) is 0 Å². The van der Waals surface area contributed by atoms with Gasteiger partial charge < -0.3 is 0 Å². The van der Waals surface area contributed by atoms with Gasteiger partial charge in [0, 0.05) is 13.1 Å². The van der Waals surface area contributed by atoms with Gasteiger partial charge in [0.1, 0.15) is 4.90 Å². The highest BCUT2D eigenvalue weighted by atomic mass is 32.2. The molecule has 0 spiro atoms. The van der Waals surface area contributed by atoms with Crippen molar-refractivity contribution in [3.8, 4) is 0 Å². The number of benzene rings is 1. The Labute approximate surface area is 132 Å². The number of rotatable bonds is 6. The normalized spacial score (nSPS) is 11.8. The third-order valence-corrected chi connectivity index (χ3v) is 5.42. The van der Waals surface area contributed by atoms with Gasteiger partial charge in [-0.05, 0) is 39.7 Å². The minimum Gasteiger partial charge on any atom is -0.268 e. The van der Waals surface area contributed by atoms with Crippen molar-refractivity contribution in [1.29, 1.82) is 0 Å². The van der Waals surface area contributed by atoms with Gasteiger partial charge in [-0.3, -0.25) is 4.68 Å². The summed E-state index contributed by atoms with van der Waals surface area (Å²) in [6.07, 6.45) is 0.666. The minimum atomic E-state index is -3.52. The average molecular weight is 321 g/mol. The van der Waals surface area contributed by atoms with E-state index in [0.29, 0.717) is 35.8 Å². The second kappa shape index (κ2) is 6.62. The first-order chi connectivity index (χ1) is 10.3. The van der Waals surface area contributed by atoms with Crippen LogP contribution in [0.3, 0.4) is 0 Å². The highest BCUT2D eigenvalue weighted by molar-refractivity contribution is 7.89. The first-order valence-corrected chi connectivity index (χ1v) is 8.92. The summed E-state index contributed by atoms with van der Waals surface area (Å²) in [5, 5.41) is 4.27. The van der Waals surface area contributed by atoms with E-state index in [9.17, 15) is 8.42 Å². The maximum absolute atomic E-state index is 12.5. The first kappa shape index (κ1) is 16.7. The molecule has 5 nitrogen and oxygen atoms in total. The van der Waals surface area contributed by atoms with Crippen molar-refractivity contribution in [1.82, 2.24) is 14.5 Å². The van der Waals surface area contributed by atoms with E-state index in [1.807, 2.05) is 38.1 Å². The van der Waals surface area contributed by atoms with Crippen molar-refractivity contribution in [3.63, 3.8) is 0 Å². The molecule has 0 aliphatic rings. The van der Waals surface area contributed by atoms with E-state index in [4.69, 9.17) is 0 Å². The Morgan fingerprint density at radius 1 is 1.14 bits per heavy atom. The van der Waals surface area contributed by atoms with Gasteiger partial charge in [0.05, 0.1) is 11.4 Å². The predicted octanol–water partition coefficient (Wildman–Crippen LogP) is 2.35. The number of aryl methyl sites for hydroxylation is 3. The van der Waals surface area contributed by atoms with E-state index in [0.717, 1.165) is 5.56 Å². The van der Waals surface area contributed by atoms with Crippen LogP contribution in [0.25, 0.3) is 0 Å². The lowest BCUT2D eigenvalue weighted by molar-refractivity contribution is 0.579. The summed E-state index contributed by atoms with van der Waals surface area (Å²) >= 11 is 0. The molecule has 0 saturated carbocycles. The number of sulfonamides is 1. The van der Waals surface area contributed by atoms with Crippen LogP contribution in [0.1, 0.15) is 29.4 Å². The molecule has 22 heavy (non-hydrogen) atoms. The zero-order chi connectivity index (χ0) is 16.3. The molecule has 1 aromatic heterocycles. The smallest absolute Gasteiger partial charge is 0.244 e. The maximum atomic E-state index is 12.5. The molecule has 0 bridgehead atoms. The molecule has 0 amide bonds. The first-order valence-electron chi connectivity index (χ1n) is 7.44. The monoisotopic (exact) mass is 321 g/mol. The molecule has 6 heteroatoms. The Morgan fingerprint density at radius 3 is 2.32 bits per heavy atom. The van der Waals surface area contributed by atoms with Crippen molar-refractivity contribution in [2.45, 2.75) is 45.6 Å². The van der Waals surface area contributed by atoms with E-state index in [1.54, 1.807) is 18.5 Å². The fourth-order valence-electron chi connectivity index (χ4n) is 2.53. The van der Waals surface area contributed by atoms with Crippen LogP contribution in [0.15, 0.2) is 29.2 Å². The summed E-state index contributed by atoms with van der Waals surface area (Å²) < 4.78 is 29.4. The van der Waals surface area contributed by atoms with Gasteiger partial charge in [0.15, 0.2) is 0 Å². The Morgan fingerprint density at radius 2 is 1.77 bits per heavy atom. The van der Waals surface area contributed by atoms with Crippen molar-refractivity contribution in [2.24, 2.45) is 0 Å². The molecule has 0 aliphatic heterocycles. The molecule has 1 aromatic carbocycles. The van der Waals surface area contributed by atoms with Crippen LogP contribution >= 0.6 is 0 Å². The van der Waals surface area contributed by atoms with Gasteiger partial charge in [0.2, 0.25) is 10.0 Å². The molecule has 0 radical (unpaired) electrons. The molecule has 120 valence electrons. The van der Waals surface area contributed by atoms with Crippen molar-refractivity contribution < 1.29 is 8.42 Å². The van der Waals surface area contributed by atoms with Crippen LogP contribution in [0, 0.1) is 20.8 Å². The number of aromatic nitrogens is 2. The third kappa shape index (κ3) is 3.56. The lowest BCUT2D eigenvalue weighted by Crippen LogP contribution is -2.27. The van der Waals surface area contributed by atoms with Crippen LogP contribution in [0.2, 0.25) is 0 Å². The van der Waals surface area contributed by atoms with Gasteiger partial charge in [-0.15, -0.1) is 0 Å². The molecule has 0 aliphatic carbocycles. The predicted molar refractivity (Wildman–Crippen MR) is 87.4 cm³/mol. The van der Waals surface area contributed by atoms with E-state index in [1.165, 1.54) is 5.56 Å². The highest BCUT2D eigenvalue weighted by Crippen LogP contribution is 2.19. The lowest BCUT2D eigenvalue weighted by Gasteiger charge is -2.08. The zero-order valence-corrected chi connectivity index (χ0v) is 14.4. The van der Waals surface area contributed by atoms with Gasteiger partial charge in [-0.2, -0.15) is 5.10 Å². The average Bonchev–Trinajstić information content (AvgIpc) is 2.76. The van der Waals surface area contributed by atoms with E-state index >= 15 is 0 Å². The molecule has 0 unspecified atom stereocenters. The standard InChI is InChI=1S/C16H23N3O2S/c1-5-19-14(4)16(13(3)18-19)22(20,21)17-11-10-15-8-6-12(2)7-9-15/h6-9,17H,5,10-11H2,1-4H3. The van der Waals surface area contributed by atoms with Crippen molar-refractivity contribution in [2.75, 3.05) is 6.54 Å². The molecule has 0 fully saturated rings. The Hall–Kier alpha value is -1.66. The molecule has 0 atom stereocenters. The summed E-state index contributed by atoms with van der Waals surface area (Å²) in [6, 6.07) is 8.11. The molecule has 2 aromatic rings. The van der Waals surface area contributed by atoms with Crippen LogP contribution in [-0.2, 0) is 23.0 Å². The number of hydrogen-bond acceptors (Lipinski definition) is 3. The molecule has 1 N–H and O–H groups in total. The highest BCUT2D eigenvalue weighted by Gasteiger charge is 2.23. The van der Waals surface area contributed by atoms with E-state index < -0.39 is 10.0 Å². The molecule has 0 saturated heterocycles. The fourth-order valence-corrected chi connectivity index (χ4v) is 3.97. The summed E-state index contributed by atoms with van der Waals surface area (Å²) in [6.45, 7) is 8.53. The van der Waals surface area contributed by atoms with Crippen LogP contribution in [0.4, 0.5) is 0 Å². The van der Waals surface area contributed by atoms with Gasteiger partial charge in [-0.1, -0.05) is 29.8 Å². The van der Waals surface area contributed by atoms with E-state index in [-0.39, 0.29) is 0 Å². The van der Waals surface area contributed by atoms with Crippen LogP contribution in [-0.4, -0.2) is 24.7 Å². The molecular weight excluding hydrogens is 298 g/mol. The van der Waals surface area contributed by atoms with Gasteiger partial charge in [-0.25, -0.2) is 13.1 Å². The zero-order valence-electron chi connectivity index (χ0n) is 13.5. The fraction of sp³-hybridized carbons (Fsp3) is 0.438. The minimum absolute atomic E-state index is 0.304. The quantitative estimate of drug-likeness (QED) is 0.888. The second-order valence-electron chi connectivity index (χ2n) is 5.45. The summed E-state index contributed by atoms with van der Waals surface area (Å²) in [4.78, 5) is 0.304. The third-order valence-electron chi connectivity index (χ3n) is 3.71. The second-order valence-corrected chi connectivity index (χ2v) is 7.15. The SMILES string of the molecule is CCn1nc(C)c(S(=O)(=O)NCCc2ccc(C)cc2)c1C. The Balaban J connectivity index is 2.08. The van der Waals surface area contributed by atoms with Gasteiger partial charge in [0.25, 0.3) is 0 Å². The number of nitrogens with one attached hydrogen (secondary N) is 1. The number of hydrogen-bond donors (Lipinski definition) is 1. The Bertz CT molecular complexity index is 746. The summed E-state index contributed by atoms with van der Waals surface area (Å²) in [5.41, 5.74) is 3.54. The molecule has 1 heterocycles. The van der Waals surface area contributed by atoms with E-state index in [2.05, 4.69) is 9.82 Å². The van der Waals surface area contributed by atoms with Gasteiger partial charge >= 0.3 is 0 Å². The number of nitrogens with zero attached hydrogens (tertiary/aromatic N) is 2. The lowest BCUT2D eigenvalue weighted by atomic mass is 10.1. The molecular formula is C16H23N3O2S. The topological polar surface area (TPSA) is 64.0 Å². The Kier molecular flexibility index (Phi) is 5.03.